The molecule has 0 amide bonds. The summed E-state index contributed by atoms with van der Waals surface area (Å²) >= 11 is 0. The number of nitrogens with one attached hydrogen (secondary N) is 1. The lowest BCUT2D eigenvalue weighted by molar-refractivity contribution is 0.288. The molecule has 0 aromatic carbocycles. The third-order valence-corrected chi connectivity index (χ3v) is 3.59. The van der Waals surface area contributed by atoms with Crippen molar-refractivity contribution < 1.29 is 0 Å². The van der Waals surface area contributed by atoms with Crippen molar-refractivity contribution in [1.82, 2.24) is 14.9 Å². The van der Waals surface area contributed by atoms with E-state index in [1.54, 1.807) is 0 Å². The van der Waals surface area contributed by atoms with E-state index in [4.69, 9.17) is 0 Å². The van der Waals surface area contributed by atoms with Gasteiger partial charge in [0.15, 0.2) is 0 Å². The van der Waals surface area contributed by atoms with E-state index in [0.717, 1.165) is 12.4 Å². The van der Waals surface area contributed by atoms with Crippen molar-refractivity contribution in [2.24, 2.45) is 12.5 Å². The number of hydrogen-bond donors (Lipinski definition) is 1. The number of aromatic nitrogens is 2. The van der Waals surface area contributed by atoms with Crippen LogP contribution in [0.25, 0.3) is 0 Å². The summed E-state index contributed by atoms with van der Waals surface area (Å²) in [4.78, 5) is 4.39. The van der Waals surface area contributed by atoms with Gasteiger partial charge in [0.25, 0.3) is 0 Å². The van der Waals surface area contributed by atoms with Gasteiger partial charge in [-0.05, 0) is 18.8 Å². The van der Waals surface area contributed by atoms with Gasteiger partial charge >= 0.3 is 0 Å². The average molecular weight is 251 g/mol. The first-order valence-corrected chi connectivity index (χ1v) is 7.17. The van der Waals surface area contributed by atoms with Crippen molar-refractivity contribution in [3.63, 3.8) is 0 Å². The van der Waals surface area contributed by atoms with Gasteiger partial charge in [-0.1, -0.05) is 40.0 Å². The minimum atomic E-state index is 0.315. The summed E-state index contributed by atoms with van der Waals surface area (Å²) in [5.41, 5.74) is 0.370. The monoisotopic (exact) mass is 251 g/mol. The van der Waals surface area contributed by atoms with Gasteiger partial charge in [-0.3, -0.25) is 0 Å². The maximum Gasteiger partial charge on any atom is 0.125 e. The number of rotatable bonds is 8. The molecule has 1 unspecified atom stereocenters. The molecule has 0 aliphatic carbocycles. The predicted molar refractivity (Wildman–Crippen MR) is 77.5 cm³/mol. The van der Waals surface area contributed by atoms with Gasteiger partial charge in [0, 0.05) is 26.0 Å². The van der Waals surface area contributed by atoms with Crippen LogP contribution in [-0.2, 0) is 7.05 Å². The second-order valence-electron chi connectivity index (χ2n) is 6.12. The molecule has 0 spiro atoms. The maximum absolute atomic E-state index is 4.39. The number of hydrogen-bond acceptors (Lipinski definition) is 2. The van der Waals surface area contributed by atoms with Crippen LogP contribution in [-0.4, -0.2) is 16.1 Å². The second-order valence-corrected chi connectivity index (χ2v) is 6.12. The zero-order chi connectivity index (χ0) is 13.6. The highest BCUT2D eigenvalue weighted by atomic mass is 15.1. The molecule has 1 heterocycles. The Hall–Kier alpha value is -0.830. The lowest BCUT2D eigenvalue weighted by Crippen LogP contribution is -2.32. The smallest absolute Gasteiger partial charge is 0.125 e. The van der Waals surface area contributed by atoms with Gasteiger partial charge in [0.1, 0.15) is 5.82 Å². The van der Waals surface area contributed by atoms with Gasteiger partial charge in [0.2, 0.25) is 0 Å². The Bertz CT molecular complexity index is 341. The highest BCUT2D eigenvalue weighted by Crippen LogP contribution is 2.23. The Balaban J connectivity index is 2.37. The molecule has 1 atom stereocenters. The molecule has 1 rings (SSSR count). The molecule has 1 aromatic heterocycles. The molecule has 104 valence electrons. The van der Waals surface area contributed by atoms with Crippen LogP contribution in [0.15, 0.2) is 12.4 Å². The molecule has 1 aromatic rings. The summed E-state index contributed by atoms with van der Waals surface area (Å²) in [6, 6.07) is 0.315. The van der Waals surface area contributed by atoms with E-state index in [9.17, 15) is 0 Å². The molecule has 18 heavy (non-hydrogen) atoms. The van der Waals surface area contributed by atoms with Crippen molar-refractivity contribution in [1.29, 1.82) is 0 Å². The van der Waals surface area contributed by atoms with Crippen LogP contribution >= 0.6 is 0 Å². The van der Waals surface area contributed by atoms with Crippen molar-refractivity contribution in [3.05, 3.63) is 18.2 Å². The molecule has 0 saturated heterocycles. The third kappa shape index (κ3) is 4.81. The van der Waals surface area contributed by atoms with Crippen molar-refractivity contribution >= 4 is 0 Å². The van der Waals surface area contributed by atoms with E-state index in [2.05, 4.69) is 42.6 Å². The van der Waals surface area contributed by atoms with E-state index in [0.29, 0.717) is 11.5 Å². The molecule has 0 saturated carbocycles. The Labute approximate surface area is 112 Å². The Morgan fingerprint density at radius 3 is 2.67 bits per heavy atom. The first-order chi connectivity index (χ1) is 8.46. The highest BCUT2D eigenvalue weighted by Gasteiger charge is 2.19. The molecule has 0 radical (unpaired) electrons. The van der Waals surface area contributed by atoms with Crippen LogP contribution in [0.3, 0.4) is 0 Å². The summed E-state index contributed by atoms with van der Waals surface area (Å²) in [6.45, 7) is 10.2. The number of imidazole rings is 1. The number of unbranched alkanes of at least 4 members (excludes halogenated alkanes) is 2. The van der Waals surface area contributed by atoms with Gasteiger partial charge in [-0.2, -0.15) is 0 Å². The normalized spacial score (nSPS) is 13.8. The van der Waals surface area contributed by atoms with Crippen molar-refractivity contribution in [2.45, 2.75) is 59.4 Å². The Morgan fingerprint density at radius 2 is 2.11 bits per heavy atom. The molecule has 0 aliphatic rings. The standard InChI is InChI=1S/C15H29N3/c1-6-7-8-9-15(3,4)12-17-13(2)14-16-10-11-18(14)5/h10-11,13,17H,6-9,12H2,1-5H3. The number of nitrogens with zero attached hydrogens (tertiary/aromatic N) is 2. The predicted octanol–water partition coefficient (Wildman–Crippen LogP) is 3.68. The molecule has 0 fully saturated rings. The SMILES string of the molecule is CCCCCC(C)(C)CNC(C)c1nccn1C. The molecule has 1 N–H and O–H groups in total. The summed E-state index contributed by atoms with van der Waals surface area (Å²) in [6.07, 6.45) is 9.13. The quantitative estimate of drug-likeness (QED) is 0.714. The summed E-state index contributed by atoms with van der Waals surface area (Å²) in [5.74, 6) is 1.11. The second kappa shape index (κ2) is 6.93. The van der Waals surface area contributed by atoms with Crippen LogP contribution in [0.4, 0.5) is 0 Å². The van der Waals surface area contributed by atoms with Gasteiger partial charge in [0.05, 0.1) is 6.04 Å². The van der Waals surface area contributed by atoms with Crippen LogP contribution in [0.1, 0.15) is 65.2 Å². The topological polar surface area (TPSA) is 29.9 Å². The molecular formula is C15H29N3. The van der Waals surface area contributed by atoms with Crippen molar-refractivity contribution in [3.8, 4) is 0 Å². The first kappa shape index (κ1) is 15.2. The molecular weight excluding hydrogens is 222 g/mol. The zero-order valence-corrected chi connectivity index (χ0v) is 12.7. The first-order valence-electron chi connectivity index (χ1n) is 7.17. The fourth-order valence-electron chi connectivity index (χ4n) is 2.26. The zero-order valence-electron chi connectivity index (χ0n) is 12.7. The van der Waals surface area contributed by atoms with E-state index < -0.39 is 0 Å². The minimum absolute atomic E-state index is 0.315. The van der Waals surface area contributed by atoms with Crippen LogP contribution in [0.2, 0.25) is 0 Å². The molecule has 0 bridgehead atoms. The average Bonchev–Trinajstić information content (AvgIpc) is 2.73. The maximum atomic E-state index is 4.39. The van der Waals surface area contributed by atoms with Crippen LogP contribution in [0, 0.1) is 5.41 Å². The lowest BCUT2D eigenvalue weighted by Gasteiger charge is -2.27. The highest BCUT2D eigenvalue weighted by molar-refractivity contribution is 4.97. The third-order valence-electron chi connectivity index (χ3n) is 3.59. The van der Waals surface area contributed by atoms with Crippen molar-refractivity contribution in [2.75, 3.05) is 6.54 Å². The lowest BCUT2D eigenvalue weighted by atomic mass is 9.86. The fourth-order valence-corrected chi connectivity index (χ4v) is 2.26. The van der Waals surface area contributed by atoms with Gasteiger partial charge < -0.3 is 9.88 Å². The molecule has 3 heteroatoms. The largest absolute Gasteiger partial charge is 0.337 e. The van der Waals surface area contributed by atoms with E-state index in [-0.39, 0.29) is 0 Å². The summed E-state index contributed by atoms with van der Waals surface area (Å²) in [7, 11) is 2.05. The minimum Gasteiger partial charge on any atom is -0.337 e. The molecule has 3 nitrogen and oxygen atoms in total. The number of aryl methyl sites for hydroxylation is 1. The van der Waals surface area contributed by atoms with Gasteiger partial charge in [-0.15, -0.1) is 0 Å². The summed E-state index contributed by atoms with van der Waals surface area (Å²) < 4.78 is 2.09. The van der Waals surface area contributed by atoms with Gasteiger partial charge in [-0.25, -0.2) is 4.98 Å². The van der Waals surface area contributed by atoms with Crippen LogP contribution in [0.5, 0.6) is 0 Å². The Kier molecular flexibility index (Phi) is 5.86. The Morgan fingerprint density at radius 1 is 1.39 bits per heavy atom. The fraction of sp³-hybridized carbons (Fsp3) is 0.800. The van der Waals surface area contributed by atoms with Crippen LogP contribution < -0.4 is 5.32 Å². The molecule has 0 aliphatic heterocycles. The van der Waals surface area contributed by atoms with E-state index in [1.165, 1.54) is 25.7 Å². The van der Waals surface area contributed by atoms with E-state index >= 15 is 0 Å². The van der Waals surface area contributed by atoms with E-state index in [1.807, 2.05) is 19.4 Å². The summed E-state index contributed by atoms with van der Waals surface area (Å²) in [5, 5.41) is 3.61.